The normalized spacial score (nSPS) is 10.4. The topological polar surface area (TPSA) is 72.9 Å². The molecular formula is C12H13ClN4O. The smallest absolute Gasteiger partial charge is 0.251 e. The first-order valence-corrected chi connectivity index (χ1v) is 5.77. The molecule has 0 aromatic carbocycles. The fourth-order valence-electron chi connectivity index (χ4n) is 1.57. The number of aromatic nitrogens is 2. The first-order valence-electron chi connectivity index (χ1n) is 5.39. The van der Waals surface area contributed by atoms with Crippen LogP contribution < -0.4 is 16.8 Å². The molecule has 0 saturated carbocycles. The lowest BCUT2D eigenvalue weighted by molar-refractivity contribution is 0.738. The molecule has 2 rings (SSSR count). The minimum Gasteiger partial charge on any atom is -0.309 e. The van der Waals surface area contributed by atoms with E-state index in [1.807, 2.05) is 13.0 Å². The molecule has 0 bridgehead atoms. The minimum atomic E-state index is -0.0843. The molecule has 0 radical (unpaired) electrons. The Balaban J connectivity index is 2.36. The van der Waals surface area contributed by atoms with Gasteiger partial charge in [0.1, 0.15) is 5.82 Å². The number of rotatable bonds is 3. The van der Waals surface area contributed by atoms with Crippen molar-refractivity contribution in [2.75, 3.05) is 5.43 Å². The third-order valence-electron chi connectivity index (χ3n) is 2.54. The Morgan fingerprint density at radius 2 is 2.22 bits per heavy atom. The number of nitrogens with one attached hydrogen (secondary N) is 1. The van der Waals surface area contributed by atoms with Gasteiger partial charge in [-0.1, -0.05) is 11.6 Å². The van der Waals surface area contributed by atoms with Crippen LogP contribution in [0, 0.1) is 6.92 Å². The maximum Gasteiger partial charge on any atom is 0.251 e. The summed E-state index contributed by atoms with van der Waals surface area (Å²) >= 11 is 6.04. The molecule has 0 unspecified atom stereocenters. The van der Waals surface area contributed by atoms with Crippen molar-refractivity contribution in [3.8, 4) is 0 Å². The number of nitrogens with two attached hydrogens (primary N) is 1. The second-order valence-corrected chi connectivity index (χ2v) is 4.35. The SMILES string of the molecule is Cc1ccn(Cc2nc(NN)ccc2Cl)c(=O)c1. The van der Waals surface area contributed by atoms with Crippen molar-refractivity contribution in [1.82, 2.24) is 9.55 Å². The average molecular weight is 265 g/mol. The molecule has 2 heterocycles. The summed E-state index contributed by atoms with van der Waals surface area (Å²) in [5, 5.41) is 0.501. The van der Waals surface area contributed by atoms with E-state index in [1.54, 1.807) is 29.0 Å². The van der Waals surface area contributed by atoms with E-state index in [-0.39, 0.29) is 5.56 Å². The maximum atomic E-state index is 11.8. The number of aryl methyl sites for hydroxylation is 1. The zero-order chi connectivity index (χ0) is 13.1. The van der Waals surface area contributed by atoms with Crippen molar-refractivity contribution in [1.29, 1.82) is 0 Å². The van der Waals surface area contributed by atoms with Gasteiger partial charge < -0.3 is 9.99 Å². The molecule has 0 saturated heterocycles. The van der Waals surface area contributed by atoms with Crippen molar-refractivity contribution >= 4 is 17.4 Å². The van der Waals surface area contributed by atoms with Crippen LogP contribution in [-0.2, 0) is 6.54 Å². The number of nitrogen functional groups attached to an aromatic ring is 1. The van der Waals surface area contributed by atoms with E-state index in [0.717, 1.165) is 5.56 Å². The molecule has 0 atom stereocenters. The Kier molecular flexibility index (Phi) is 3.64. The molecule has 0 fully saturated rings. The molecule has 2 aromatic rings. The Morgan fingerprint density at radius 1 is 1.44 bits per heavy atom. The molecule has 0 aliphatic rings. The summed E-state index contributed by atoms with van der Waals surface area (Å²) in [6, 6.07) is 6.79. The second-order valence-electron chi connectivity index (χ2n) is 3.94. The predicted molar refractivity (Wildman–Crippen MR) is 71.6 cm³/mol. The molecule has 18 heavy (non-hydrogen) atoms. The summed E-state index contributed by atoms with van der Waals surface area (Å²) < 4.78 is 1.54. The Morgan fingerprint density at radius 3 is 2.89 bits per heavy atom. The van der Waals surface area contributed by atoms with Crippen molar-refractivity contribution in [2.45, 2.75) is 13.5 Å². The van der Waals surface area contributed by atoms with Gasteiger partial charge in [-0.25, -0.2) is 10.8 Å². The van der Waals surface area contributed by atoms with Crippen LogP contribution in [0.4, 0.5) is 5.82 Å². The predicted octanol–water partition coefficient (Wildman–Crippen LogP) is 1.54. The summed E-state index contributed by atoms with van der Waals surface area (Å²) in [6.07, 6.45) is 1.72. The fourth-order valence-corrected chi connectivity index (χ4v) is 1.74. The zero-order valence-electron chi connectivity index (χ0n) is 9.85. The fraction of sp³-hybridized carbons (Fsp3) is 0.167. The second kappa shape index (κ2) is 5.20. The van der Waals surface area contributed by atoms with Gasteiger partial charge in [-0.15, -0.1) is 0 Å². The average Bonchev–Trinajstić information content (AvgIpc) is 2.35. The number of hydrogen-bond acceptors (Lipinski definition) is 4. The van der Waals surface area contributed by atoms with Gasteiger partial charge in [0, 0.05) is 12.3 Å². The standard InChI is InChI=1S/C12H13ClN4O/c1-8-4-5-17(12(18)6-8)7-10-9(13)2-3-11(15-10)16-14/h2-6H,7,14H2,1H3,(H,15,16). The minimum absolute atomic E-state index is 0.0843. The monoisotopic (exact) mass is 264 g/mol. The van der Waals surface area contributed by atoms with Gasteiger partial charge in [0.15, 0.2) is 0 Å². The van der Waals surface area contributed by atoms with E-state index in [1.165, 1.54) is 0 Å². The molecule has 94 valence electrons. The molecule has 0 spiro atoms. The molecular weight excluding hydrogens is 252 g/mol. The summed E-state index contributed by atoms with van der Waals surface area (Å²) in [4.78, 5) is 16.0. The summed E-state index contributed by atoms with van der Waals surface area (Å²) in [5.41, 5.74) is 3.88. The van der Waals surface area contributed by atoms with Gasteiger partial charge in [0.05, 0.1) is 17.3 Å². The molecule has 6 heteroatoms. The molecule has 5 nitrogen and oxygen atoms in total. The number of halogens is 1. The van der Waals surface area contributed by atoms with Crippen molar-refractivity contribution in [3.05, 3.63) is 57.1 Å². The van der Waals surface area contributed by atoms with Crippen LogP contribution in [-0.4, -0.2) is 9.55 Å². The molecule has 2 aromatic heterocycles. The molecule has 3 N–H and O–H groups in total. The molecule has 0 aliphatic heterocycles. The lowest BCUT2D eigenvalue weighted by Crippen LogP contribution is -2.20. The van der Waals surface area contributed by atoms with E-state index in [0.29, 0.717) is 23.1 Å². The van der Waals surface area contributed by atoms with Crippen molar-refractivity contribution < 1.29 is 0 Å². The van der Waals surface area contributed by atoms with Gasteiger partial charge in [-0.2, -0.15) is 0 Å². The van der Waals surface area contributed by atoms with Crippen LogP contribution in [0.15, 0.2) is 35.3 Å². The first kappa shape index (κ1) is 12.6. The summed E-state index contributed by atoms with van der Waals surface area (Å²) in [7, 11) is 0. The Labute approximate surface area is 109 Å². The number of anilines is 1. The van der Waals surface area contributed by atoms with E-state index >= 15 is 0 Å². The largest absolute Gasteiger partial charge is 0.309 e. The van der Waals surface area contributed by atoms with Crippen LogP contribution in [0.5, 0.6) is 0 Å². The van der Waals surface area contributed by atoms with E-state index in [9.17, 15) is 4.79 Å². The van der Waals surface area contributed by atoms with Crippen LogP contribution in [0.2, 0.25) is 5.02 Å². The van der Waals surface area contributed by atoms with Crippen molar-refractivity contribution in [2.24, 2.45) is 5.84 Å². The van der Waals surface area contributed by atoms with Crippen molar-refractivity contribution in [3.63, 3.8) is 0 Å². The lowest BCUT2D eigenvalue weighted by Gasteiger charge is -2.08. The summed E-state index contributed by atoms with van der Waals surface area (Å²) in [6.45, 7) is 2.18. The number of hydrogen-bond donors (Lipinski definition) is 2. The van der Waals surface area contributed by atoms with E-state index < -0.39 is 0 Å². The van der Waals surface area contributed by atoms with Gasteiger partial charge in [-0.05, 0) is 30.7 Å². The highest BCUT2D eigenvalue weighted by Crippen LogP contribution is 2.16. The number of pyridine rings is 2. The van der Waals surface area contributed by atoms with Gasteiger partial charge in [0.2, 0.25) is 0 Å². The third-order valence-corrected chi connectivity index (χ3v) is 2.88. The Hall–Kier alpha value is -1.85. The lowest BCUT2D eigenvalue weighted by atomic mass is 10.3. The number of nitrogens with zero attached hydrogens (tertiary/aromatic N) is 2. The summed E-state index contributed by atoms with van der Waals surface area (Å²) in [5.74, 6) is 5.80. The van der Waals surface area contributed by atoms with Gasteiger partial charge in [-0.3, -0.25) is 4.79 Å². The highest BCUT2D eigenvalue weighted by atomic mass is 35.5. The van der Waals surface area contributed by atoms with Crippen LogP contribution in [0.1, 0.15) is 11.3 Å². The maximum absolute atomic E-state index is 11.8. The first-order chi connectivity index (χ1) is 8.60. The van der Waals surface area contributed by atoms with E-state index in [2.05, 4.69) is 10.4 Å². The van der Waals surface area contributed by atoms with Crippen LogP contribution in [0.25, 0.3) is 0 Å². The zero-order valence-corrected chi connectivity index (χ0v) is 10.6. The molecule has 0 aliphatic carbocycles. The van der Waals surface area contributed by atoms with Gasteiger partial charge >= 0.3 is 0 Å². The third kappa shape index (κ3) is 2.69. The van der Waals surface area contributed by atoms with Gasteiger partial charge in [0.25, 0.3) is 5.56 Å². The number of hydrazine groups is 1. The van der Waals surface area contributed by atoms with E-state index in [4.69, 9.17) is 17.4 Å². The Bertz CT molecular complexity index is 624. The van der Waals surface area contributed by atoms with Crippen LogP contribution in [0.3, 0.4) is 0 Å². The highest BCUT2D eigenvalue weighted by Gasteiger charge is 2.05. The van der Waals surface area contributed by atoms with Crippen LogP contribution >= 0.6 is 11.6 Å². The molecule has 0 amide bonds. The quantitative estimate of drug-likeness (QED) is 0.652. The highest BCUT2D eigenvalue weighted by molar-refractivity contribution is 6.31.